The van der Waals surface area contributed by atoms with Gasteiger partial charge in [-0.15, -0.1) is 11.8 Å². The molecule has 21 heavy (non-hydrogen) atoms. The van der Waals surface area contributed by atoms with Crippen molar-refractivity contribution in [2.75, 3.05) is 13.2 Å². The number of nitrogens with zero attached hydrogens (tertiary/aromatic N) is 2. The van der Waals surface area contributed by atoms with E-state index in [1.165, 1.54) is 24.1 Å². The Morgan fingerprint density at radius 3 is 2.86 bits per heavy atom. The molecule has 2 aliphatic rings. The summed E-state index contributed by atoms with van der Waals surface area (Å²) in [6.45, 7) is 1.61. The number of amidine groups is 1. The normalized spacial score (nSPS) is 20.3. The Kier molecular flexibility index (Phi) is 4.65. The molecule has 2 heterocycles. The van der Waals surface area contributed by atoms with E-state index in [0.717, 1.165) is 49.5 Å². The van der Waals surface area contributed by atoms with Gasteiger partial charge in [-0.3, -0.25) is 0 Å². The smallest absolute Gasteiger partial charge is 0.172 e. The van der Waals surface area contributed by atoms with Crippen LogP contribution in [0.15, 0.2) is 16.2 Å². The number of ether oxygens (including phenoxy) is 1. The third kappa shape index (κ3) is 3.32. The van der Waals surface area contributed by atoms with Crippen LogP contribution in [0.1, 0.15) is 42.5 Å². The molecule has 0 radical (unpaired) electrons. The fourth-order valence-corrected chi connectivity index (χ4v) is 4.09. The van der Waals surface area contributed by atoms with Crippen molar-refractivity contribution in [3.8, 4) is 0 Å². The van der Waals surface area contributed by atoms with Crippen LogP contribution in [-0.4, -0.2) is 34.5 Å². The maximum absolute atomic E-state index is 9.03. The number of thioether (sulfide) groups is 1. The van der Waals surface area contributed by atoms with E-state index in [0.29, 0.717) is 5.25 Å². The van der Waals surface area contributed by atoms with E-state index in [-0.39, 0.29) is 5.84 Å². The van der Waals surface area contributed by atoms with Crippen molar-refractivity contribution in [1.29, 1.82) is 0 Å². The molecule has 0 spiro atoms. The molecule has 0 bridgehead atoms. The summed E-state index contributed by atoms with van der Waals surface area (Å²) in [6, 6.07) is 2.07. The number of aryl methyl sites for hydroxylation is 2. The Bertz CT molecular complexity index is 542. The second-order valence-electron chi connectivity index (χ2n) is 5.57. The molecule has 0 aromatic carbocycles. The summed E-state index contributed by atoms with van der Waals surface area (Å²) in [5, 5.41) is 13.6. The first-order valence-electron chi connectivity index (χ1n) is 7.53. The minimum atomic E-state index is 0.158. The van der Waals surface area contributed by atoms with Crippen LogP contribution in [0.25, 0.3) is 0 Å². The molecule has 1 saturated heterocycles. The van der Waals surface area contributed by atoms with Crippen LogP contribution in [0.2, 0.25) is 0 Å². The fourth-order valence-electron chi connectivity index (χ4n) is 2.89. The van der Waals surface area contributed by atoms with Gasteiger partial charge in [-0.1, -0.05) is 5.16 Å². The lowest BCUT2D eigenvalue weighted by Crippen LogP contribution is -2.21. The number of pyridine rings is 1. The number of aromatic nitrogens is 1. The fraction of sp³-hybridized carbons (Fsp3) is 0.600. The molecule has 1 aliphatic heterocycles. The topological polar surface area (TPSA) is 80.7 Å². The maximum atomic E-state index is 9.03. The van der Waals surface area contributed by atoms with E-state index in [2.05, 4.69) is 11.2 Å². The Morgan fingerprint density at radius 2 is 2.10 bits per heavy atom. The molecule has 1 aromatic rings. The van der Waals surface area contributed by atoms with Crippen LogP contribution < -0.4 is 5.73 Å². The molecule has 6 heteroatoms. The van der Waals surface area contributed by atoms with E-state index in [4.69, 9.17) is 20.7 Å². The van der Waals surface area contributed by atoms with Crippen LogP contribution in [0.5, 0.6) is 0 Å². The van der Waals surface area contributed by atoms with Crippen LogP contribution in [0.3, 0.4) is 0 Å². The Hall–Kier alpha value is -1.27. The zero-order chi connectivity index (χ0) is 14.7. The maximum Gasteiger partial charge on any atom is 0.172 e. The summed E-state index contributed by atoms with van der Waals surface area (Å²) < 4.78 is 5.40. The van der Waals surface area contributed by atoms with Crippen molar-refractivity contribution in [2.24, 2.45) is 10.9 Å². The van der Waals surface area contributed by atoms with Gasteiger partial charge in [0, 0.05) is 24.2 Å². The van der Waals surface area contributed by atoms with E-state index >= 15 is 0 Å². The molecule has 0 atom stereocenters. The highest BCUT2D eigenvalue weighted by molar-refractivity contribution is 7.99. The van der Waals surface area contributed by atoms with Crippen molar-refractivity contribution in [3.05, 3.63) is 22.9 Å². The molecule has 0 unspecified atom stereocenters. The second kappa shape index (κ2) is 6.66. The van der Waals surface area contributed by atoms with Crippen molar-refractivity contribution in [1.82, 2.24) is 4.98 Å². The Balaban J connectivity index is 1.92. The van der Waals surface area contributed by atoms with Gasteiger partial charge in [-0.05, 0) is 50.2 Å². The van der Waals surface area contributed by atoms with E-state index in [1.807, 2.05) is 0 Å². The predicted molar refractivity (Wildman–Crippen MR) is 83.1 cm³/mol. The van der Waals surface area contributed by atoms with Crippen molar-refractivity contribution in [3.63, 3.8) is 0 Å². The third-order valence-electron chi connectivity index (χ3n) is 4.10. The molecule has 0 amide bonds. The molecule has 0 saturated carbocycles. The number of oxime groups is 1. The Labute approximate surface area is 129 Å². The van der Waals surface area contributed by atoms with E-state index in [9.17, 15) is 0 Å². The van der Waals surface area contributed by atoms with Gasteiger partial charge in [0.15, 0.2) is 5.84 Å². The summed E-state index contributed by atoms with van der Waals surface area (Å²) in [7, 11) is 0. The summed E-state index contributed by atoms with van der Waals surface area (Å²) in [4.78, 5) is 4.83. The minimum absolute atomic E-state index is 0.158. The molecule has 1 fully saturated rings. The SMILES string of the molecule is NC(=NO)c1cc2c(nc1SC1CCOCC1)CCCC2. The zero-order valence-corrected chi connectivity index (χ0v) is 12.9. The minimum Gasteiger partial charge on any atom is -0.409 e. The molecule has 114 valence electrons. The highest BCUT2D eigenvalue weighted by Gasteiger charge is 2.22. The van der Waals surface area contributed by atoms with Gasteiger partial charge in [0.05, 0.1) is 5.56 Å². The predicted octanol–water partition coefficient (Wildman–Crippen LogP) is 2.33. The molecule has 1 aromatic heterocycles. The molecule has 5 nitrogen and oxygen atoms in total. The van der Waals surface area contributed by atoms with Gasteiger partial charge >= 0.3 is 0 Å². The van der Waals surface area contributed by atoms with Gasteiger partial charge in [-0.25, -0.2) is 4.98 Å². The lowest BCUT2D eigenvalue weighted by Gasteiger charge is -2.23. The van der Waals surface area contributed by atoms with Gasteiger partial charge in [0.1, 0.15) is 5.03 Å². The zero-order valence-electron chi connectivity index (χ0n) is 12.0. The highest BCUT2D eigenvalue weighted by atomic mass is 32.2. The first-order chi connectivity index (χ1) is 10.3. The lowest BCUT2D eigenvalue weighted by molar-refractivity contribution is 0.1000. The van der Waals surface area contributed by atoms with Crippen molar-refractivity contribution < 1.29 is 9.94 Å². The third-order valence-corrected chi connectivity index (χ3v) is 5.44. The summed E-state index contributed by atoms with van der Waals surface area (Å²) in [6.07, 6.45) is 6.52. The van der Waals surface area contributed by atoms with E-state index < -0.39 is 0 Å². The number of hydrogen-bond acceptors (Lipinski definition) is 5. The van der Waals surface area contributed by atoms with Crippen LogP contribution in [0, 0.1) is 0 Å². The van der Waals surface area contributed by atoms with Crippen LogP contribution in [0.4, 0.5) is 0 Å². The molecular weight excluding hydrogens is 286 g/mol. The monoisotopic (exact) mass is 307 g/mol. The summed E-state index contributed by atoms with van der Waals surface area (Å²) in [5.74, 6) is 0.158. The van der Waals surface area contributed by atoms with Gasteiger partial charge in [0.25, 0.3) is 0 Å². The summed E-state index contributed by atoms with van der Waals surface area (Å²) in [5.41, 5.74) is 9.06. The quantitative estimate of drug-likeness (QED) is 0.388. The molecule has 1 aliphatic carbocycles. The number of nitrogens with two attached hydrogens (primary N) is 1. The Morgan fingerprint density at radius 1 is 1.33 bits per heavy atom. The lowest BCUT2D eigenvalue weighted by atomic mass is 9.95. The number of hydrogen-bond donors (Lipinski definition) is 2. The molecular formula is C15H21N3O2S. The standard InChI is InChI=1S/C15H21N3O2S/c16-14(18-19)12-9-10-3-1-2-4-13(10)17-15(12)21-11-5-7-20-8-6-11/h9,11,19H,1-8H2,(H2,16,18). The number of rotatable bonds is 3. The van der Waals surface area contributed by atoms with Crippen molar-refractivity contribution in [2.45, 2.75) is 48.8 Å². The first-order valence-corrected chi connectivity index (χ1v) is 8.41. The summed E-state index contributed by atoms with van der Waals surface area (Å²) >= 11 is 1.74. The van der Waals surface area contributed by atoms with Crippen molar-refractivity contribution >= 4 is 17.6 Å². The average molecular weight is 307 g/mol. The largest absolute Gasteiger partial charge is 0.409 e. The highest BCUT2D eigenvalue weighted by Crippen LogP contribution is 2.33. The van der Waals surface area contributed by atoms with Crippen LogP contribution in [-0.2, 0) is 17.6 Å². The van der Waals surface area contributed by atoms with Gasteiger partial charge < -0.3 is 15.7 Å². The average Bonchev–Trinajstić information content (AvgIpc) is 2.54. The van der Waals surface area contributed by atoms with Crippen LogP contribution >= 0.6 is 11.8 Å². The van der Waals surface area contributed by atoms with Gasteiger partial charge in [0.2, 0.25) is 0 Å². The first kappa shape index (κ1) is 14.7. The number of fused-ring (bicyclic) bond motifs is 1. The van der Waals surface area contributed by atoms with E-state index in [1.54, 1.807) is 11.8 Å². The molecule has 3 N–H and O–H groups in total. The second-order valence-corrected chi connectivity index (χ2v) is 6.86. The molecule has 3 rings (SSSR count). The van der Waals surface area contributed by atoms with Gasteiger partial charge in [-0.2, -0.15) is 0 Å².